The monoisotopic (exact) mass is 461 g/mol. The summed E-state index contributed by atoms with van der Waals surface area (Å²) in [6.07, 6.45) is 10.7. The summed E-state index contributed by atoms with van der Waals surface area (Å²) < 4.78 is 10.8. The van der Waals surface area contributed by atoms with Crippen LogP contribution < -0.4 is 10.1 Å². The number of carbonyl (C=O) groups is 1. The lowest BCUT2D eigenvalue weighted by Gasteiger charge is -2.29. The van der Waals surface area contributed by atoms with Crippen LogP contribution in [0.1, 0.15) is 67.2 Å². The number of pyridine rings is 1. The first-order chi connectivity index (χ1) is 16.7. The van der Waals surface area contributed by atoms with Crippen LogP contribution >= 0.6 is 0 Å². The molecule has 8 heteroatoms. The predicted molar refractivity (Wildman–Crippen MR) is 129 cm³/mol. The number of hydrogen-bond donors (Lipinski definition) is 1. The zero-order chi connectivity index (χ0) is 23.3. The van der Waals surface area contributed by atoms with Gasteiger partial charge in [-0.15, -0.1) is 0 Å². The zero-order valence-corrected chi connectivity index (χ0v) is 19.6. The third-order valence-corrected chi connectivity index (χ3v) is 6.92. The van der Waals surface area contributed by atoms with Gasteiger partial charge in [-0.3, -0.25) is 9.69 Å². The van der Waals surface area contributed by atoms with Crippen LogP contribution in [0, 0.1) is 5.92 Å². The van der Waals surface area contributed by atoms with Crippen molar-refractivity contribution in [3.8, 4) is 17.1 Å². The number of nitrogens with zero attached hydrogens (tertiary/aromatic N) is 4. The maximum absolute atomic E-state index is 12.5. The van der Waals surface area contributed by atoms with E-state index in [-0.39, 0.29) is 11.9 Å². The van der Waals surface area contributed by atoms with Gasteiger partial charge in [0, 0.05) is 23.9 Å². The van der Waals surface area contributed by atoms with Crippen molar-refractivity contribution in [2.75, 3.05) is 25.5 Å². The first-order valence-electron chi connectivity index (χ1n) is 12.2. The number of ether oxygens (including phenoxy) is 1. The van der Waals surface area contributed by atoms with Gasteiger partial charge in [-0.2, -0.15) is 4.98 Å². The molecule has 2 aromatic heterocycles. The summed E-state index contributed by atoms with van der Waals surface area (Å²) in [7, 11) is 1.59. The number of rotatable bonds is 7. The number of nitrogens with one attached hydrogen (secondary N) is 1. The van der Waals surface area contributed by atoms with E-state index in [1.807, 2.05) is 6.07 Å². The third kappa shape index (κ3) is 5.12. The molecular formula is C26H31N5O3. The average Bonchev–Trinajstić information content (AvgIpc) is 3.55. The lowest BCUT2D eigenvalue weighted by atomic mass is 9.89. The molecule has 0 bridgehead atoms. The number of amides is 1. The van der Waals surface area contributed by atoms with Gasteiger partial charge >= 0.3 is 0 Å². The number of carbonyl (C=O) groups excluding carboxylic acids is 1. The zero-order valence-electron chi connectivity index (χ0n) is 19.6. The van der Waals surface area contributed by atoms with Gasteiger partial charge in [-0.05, 0) is 74.5 Å². The number of hydrogen-bond acceptors (Lipinski definition) is 7. The van der Waals surface area contributed by atoms with Gasteiger partial charge in [-0.25, -0.2) is 4.98 Å². The molecule has 1 aromatic carbocycles. The molecule has 0 spiro atoms. The van der Waals surface area contributed by atoms with Crippen LogP contribution in [0.2, 0.25) is 0 Å². The highest BCUT2D eigenvalue weighted by molar-refractivity contribution is 6.03. The minimum Gasteiger partial charge on any atom is -0.497 e. The SMILES string of the molecule is COc1ccc(C(=O)Nc2ccc(-c3noc(C4CCCN4CC4CCCCC4)n3)cn2)cc1. The molecule has 2 fully saturated rings. The molecule has 34 heavy (non-hydrogen) atoms. The largest absolute Gasteiger partial charge is 0.497 e. The first-order valence-corrected chi connectivity index (χ1v) is 12.2. The normalized spacial score (nSPS) is 19.3. The molecule has 3 aromatic rings. The predicted octanol–water partition coefficient (Wildman–Crippen LogP) is 5.11. The van der Waals surface area contributed by atoms with Crippen molar-refractivity contribution in [1.29, 1.82) is 0 Å². The molecule has 1 saturated carbocycles. The summed E-state index contributed by atoms with van der Waals surface area (Å²) in [6, 6.07) is 10.7. The van der Waals surface area contributed by atoms with Crippen molar-refractivity contribution in [3.63, 3.8) is 0 Å². The Balaban J connectivity index is 1.22. The van der Waals surface area contributed by atoms with Crippen molar-refractivity contribution < 1.29 is 14.1 Å². The van der Waals surface area contributed by atoms with Gasteiger partial charge in [0.05, 0.1) is 13.2 Å². The molecule has 1 amide bonds. The second-order valence-electron chi connectivity index (χ2n) is 9.23. The van der Waals surface area contributed by atoms with Crippen molar-refractivity contribution in [2.45, 2.75) is 51.0 Å². The minimum absolute atomic E-state index is 0.208. The Morgan fingerprint density at radius 3 is 2.65 bits per heavy atom. The topological polar surface area (TPSA) is 93.4 Å². The highest BCUT2D eigenvalue weighted by atomic mass is 16.5. The van der Waals surface area contributed by atoms with Crippen LogP contribution in [0.5, 0.6) is 5.75 Å². The summed E-state index contributed by atoms with van der Waals surface area (Å²) in [4.78, 5) is 24.1. The molecule has 1 aliphatic carbocycles. The van der Waals surface area contributed by atoms with Crippen LogP contribution in [0.15, 0.2) is 47.1 Å². The lowest BCUT2D eigenvalue weighted by Crippen LogP contribution is -2.30. The van der Waals surface area contributed by atoms with Gasteiger partial charge < -0.3 is 14.6 Å². The Morgan fingerprint density at radius 1 is 1.09 bits per heavy atom. The van der Waals surface area contributed by atoms with E-state index in [4.69, 9.17) is 14.2 Å². The highest BCUT2D eigenvalue weighted by Crippen LogP contribution is 2.35. The molecule has 2 aliphatic rings. The lowest BCUT2D eigenvalue weighted by molar-refractivity contribution is 0.102. The van der Waals surface area contributed by atoms with Crippen molar-refractivity contribution in [2.24, 2.45) is 5.92 Å². The third-order valence-electron chi connectivity index (χ3n) is 6.92. The molecule has 1 atom stereocenters. The van der Waals surface area contributed by atoms with Crippen LogP contribution in [0.3, 0.4) is 0 Å². The second kappa shape index (κ2) is 10.3. The van der Waals surface area contributed by atoms with E-state index in [0.717, 1.165) is 31.0 Å². The van der Waals surface area contributed by atoms with Gasteiger partial charge in [0.1, 0.15) is 11.6 Å². The Bertz CT molecular complexity index is 1090. The molecule has 0 radical (unpaired) electrons. The molecule has 1 unspecified atom stereocenters. The fourth-order valence-electron chi connectivity index (χ4n) is 5.04. The summed E-state index contributed by atoms with van der Waals surface area (Å²) in [6.45, 7) is 2.23. The minimum atomic E-state index is -0.232. The molecule has 1 saturated heterocycles. The summed E-state index contributed by atoms with van der Waals surface area (Å²) in [5.74, 6) is 2.95. The first kappa shape index (κ1) is 22.5. The standard InChI is InChI=1S/C26H31N5O3/c1-33-21-12-9-19(10-13-21)25(32)28-23-14-11-20(16-27-23)24-29-26(34-30-24)22-8-5-15-31(22)17-18-6-3-2-4-7-18/h9-14,16,18,22H,2-8,15,17H2,1H3,(H,27,28,32). The van der Waals surface area contributed by atoms with Crippen LogP contribution in [0.25, 0.3) is 11.4 Å². The number of methoxy groups -OCH3 is 1. The number of anilines is 1. The van der Waals surface area contributed by atoms with E-state index in [1.54, 1.807) is 43.6 Å². The van der Waals surface area contributed by atoms with E-state index < -0.39 is 0 Å². The molecular weight excluding hydrogens is 430 g/mol. The fraction of sp³-hybridized carbons (Fsp3) is 0.462. The van der Waals surface area contributed by atoms with E-state index in [9.17, 15) is 4.79 Å². The molecule has 1 aliphatic heterocycles. The summed E-state index contributed by atoms with van der Waals surface area (Å²) in [5, 5.41) is 7.02. The Kier molecular flexibility index (Phi) is 6.85. The fourth-order valence-corrected chi connectivity index (χ4v) is 5.04. The van der Waals surface area contributed by atoms with E-state index in [1.165, 1.54) is 38.5 Å². The molecule has 5 rings (SSSR count). The van der Waals surface area contributed by atoms with Crippen LogP contribution in [0.4, 0.5) is 5.82 Å². The smallest absolute Gasteiger partial charge is 0.256 e. The van der Waals surface area contributed by atoms with Crippen molar-refractivity contribution >= 4 is 11.7 Å². The Labute approximate surface area is 199 Å². The molecule has 3 heterocycles. The quantitative estimate of drug-likeness (QED) is 0.522. The van der Waals surface area contributed by atoms with E-state index in [2.05, 4.69) is 20.4 Å². The molecule has 8 nitrogen and oxygen atoms in total. The van der Waals surface area contributed by atoms with Crippen LogP contribution in [-0.2, 0) is 0 Å². The van der Waals surface area contributed by atoms with Gasteiger partial charge in [0.15, 0.2) is 0 Å². The average molecular weight is 462 g/mol. The van der Waals surface area contributed by atoms with Gasteiger partial charge in [0.2, 0.25) is 11.7 Å². The number of aromatic nitrogens is 3. The summed E-state index contributed by atoms with van der Waals surface area (Å²) in [5.41, 5.74) is 1.29. The maximum Gasteiger partial charge on any atom is 0.256 e. The highest BCUT2D eigenvalue weighted by Gasteiger charge is 2.32. The van der Waals surface area contributed by atoms with Gasteiger partial charge in [0.25, 0.3) is 5.91 Å². The number of benzene rings is 1. The molecule has 1 N–H and O–H groups in total. The van der Waals surface area contributed by atoms with Crippen molar-refractivity contribution in [1.82, 2.24) is 20.0 Å². The molecule has 178 valence electrons. The van der Waals surface area contributed by atoms with E-state index >= 15 is 0 Å². The van der Waals surface area contributed by atoms with Crippen molar-refractivity contribution in [3.05, 3.63) is 54.0 Å². The van der Waals surface area contributed by atoms with Crippen LogP contribution in [-0.4, -0.2) is 46.1 Å². The second-order valence-corrected chi connectivity index (χ2v) is 9.23. The summed E-state index contributed by atoms with van der Waals surface area (Å²) >= 11 is 0. The maximum atomic E-state index is 12.5. The van der Waals surface area contributed by atoms with Gasteiger partial charge in [-0.1, -0.05) is 24.4 Å². The number of likely N-dealkylation sites (tertiary alicyclic amines) is 1. The Morgan fingerprint density at radius 2 is 1.91 bits per heavy atom. The Hall–Kier alpha value is -3.26. The van der Waals surface area contributed by atoms with E-state index in [0.29, 0.717) is 28.8 Å².